The Balaban J connectivity index is 2.13. The molecule has 4 heteroatoms. The Hall–Kier alpha value is -0.840. The Labute approximate surface area is 110 Å². The molecule has 4 nitrogen and oxygen atoms in total. The van der Waals surface area contributed by atoms with E-state index in [0.29, 0.717) is 19.8 Å². The molecule has 0 aliphatic carbocycles. The zero-order chi connectivity index (χ0) is 13.4. The van der Waals surface area contributed by atoms with Gasteiger partial charge >= 0.3 is 0 Å². The predicted molar refractivity (Wildman–Crippen MR) is 71.4 cm³/mol. The first kappa shape index (κ1) is 15.2. The van der Waals surface area contributed by atoms with E-state index in [0.717, 1.165) is 24.4 Å². The van der Waals surface area contributed by atoms with Gasteiger partial charge in [0.1, 0.15) is 12.4 Å². The highest BCUT2D eigenvalue weighted by Crippen LogP contribution is 2.09. The van der Waals surface area contributed by atoms with Gasteiger partial charge in [0.15, 0.2) is 0 Å². The molecule has 0 spiro atoms. The van der Waals surface area contributed by atoms with E-state index < -0.39 is 0 Å². The molecule has 0 aromatic carbocycles. The van der Waals surface area contributed by atoms with E-state index in [-0.39, 0.29) is 5.60 Å². The first-order valence-corrected chi connectivity index (χ1v) is 6.50. The van der Waals surface area contributed by atoms with Crippen molar-refractivity contribution in [1.82, 2.24) is 5.32 Å². The molecule has 0 aliphatic rings. The number of ether oxygens (including phenoxy) is 2. The highest BCUT2D eigenvalue weighted by atomic mass is 16.5. The second kappa shape index (κ2) is 7.56. The summed E-state index contributed by atoms with van der Waals surface area (Å²) in [4.78, 5) is 0. The van der Waals surface area contributed by atoms with Gasteiger partial charge in [0, 0.05) is 12.1 Å². The van der Waals surface area contributed by atoms with E-state index in [4.69, 9.17) is 13.9 Å². The summed E-state index contributed by atoms with van der Waals surface area (Å²) >= 11 is 0. The van der Waals surface area contributed by atoms with Crippen LogP contribution in [0.5, 0.6) is 0 Å². The van der Waals surface area contributed by atoms with Crippen LogP contribution in [0.1, 0.15) is 39.0 Å². The maximum absolute atomic E-state index is 5.56. The van der Waals surface area contributed by atoms with Crippen molar-refractivity contribution in [3.8, 4) is 0 Å². The Bertz CT molecular complexity index is 328. The van der Waals surface area contributed by atoms with E-state index in [1.165, 1.54) is 0 Å². The molecular formula is C14H25NO3. The predicted octanol–water partition coefficient (Wildman–Crippen LogP) is 2.72. The van der Waals surface area contributed by atoms with Crippen LogP contribution < -0.4 is 5.32 Å². The lowest BCUT2D eigenvalue weighted by molar-refractivity contribution is -0.0394. The van der Waals surface area contributed by atoms with Gasteiger partial charge in [0.25, 0.3) is 0 Å². The Morgan fingerprint density at radius 1 is 1.28 bits per heavy atom. The molecule has 1 aromatic heterocycles. The molecule has 0 aliphatic heterocycles. The first-order valence-electron chi connectivity index (χ1n) is 6.50. The standard InChI is InChI=1S/C14H25NO3/c1-5-15-9-12-8-13(17-10-12)11-16-6-7-18-14(2,3)4/h8,10,15H,5-7,9,11H2,1-4H3. The van der Waals surface area contributed by atoms with Crippen LogP contribution in [0.2, 0.25) is 0 Å². The first-order chi connectivity index (χ1) is 8.51. The molecule has 104 valence electrons. The van der Waals surface area contributed by atoms with E-state index in [1.807, 2.05) is 26.8 Å². The third kappa shape index (κ3) is 6.79. The molecule has 0 radical (unpaired) electrons. The molecule has 0 saturated heterocycles. The van der Waals surface area contributed by atoms with Gasteiger partial charge in [0.2, 0.25) is 0 Å². The Morgan fingerprint density at radius 2 is 2.06 bits per heavy atom. The van der Waals surface area contributed by atoms with E-state index in [9.17, 15) is 0 Å². The van der Waals surface area contributed by atoms with Crippen LogP contribution in [-0.2, 0) is 22.6 Å². The van der Waals surface area contributed by atoms with Gasteiger partial charge in [-0.05, 0) is 33.4 Å². The van der Waals surface area contributed by atoms with Crippen molar-refractivity contribution >= 4 is 0 Å². The summed E-state index contributed by atoms with van der Waals surface area (Å²) in [6, 6.07) is 2.02. The Morgan fingerprint density at radius 3 is 2.72 bits per heavy atom. The zero-order valence-corrected chi connectivity index (χ0v) is 11.9. The molecule has 0 saturated carbocycles. The van der Waals surface area contributed by atoms with Crippen LogP contribution in [0, 0.1) is 0 Å². The summed E-state index contributed by atoms with van der Waals surface area (Å²) in [5.74, 6) is 0.860. The SMILES string of the molecule is CCNCc1coc(COCCOC(C)(C)C)c1. The van der Waals surface area contributed by atoms with Crippen LogP contribution >= 0.6 is 0 Å². The van der Waals surface area contributed by atoms with E-state index in [2.05, 4.69) is 12.2 Å². The molecule has 0 bridgehead atoms. The summed E-state index contributed by atoms with van der Waals surface area (Å²) in [5, 5.41) is 3.25. The monoisotopic (exact) mass is 255 g/mol. The normalized spacial score (nSPS) is 12.0. The lowest BCUT2D eigenvalue weighted by Gasteiger charge is -2.19. The highest BCUT2D eigenvalue weighted by Gasteiger charge is 2.09. The summed E-state index contributed by atoms with van der Waals surface area (Å²) in [6.45, 7) is 11.7. The second-order valence-corrected chi connectivity index (χ2v) is 5.22. The van der Waals surface area contributed by atoms with Crippen LogP contribution in [-0.4, -0.2) is 25.4 Å². The summed E-state index contributed by atoms with van der Waals surface area (Å²) in [7, 11) is 0. The molecule has 18 heavy (non-hydrogen) atoms. The van der Waals surface area contributed by atoms with Crippen molar-refractivity contribution in [2.24, 2.45) is 0 Å². The molecule has 1 aromatic rings. The number of nitrogens with one attached hydrogen (secondary N) is 1. The largest absolute Gasteiger partial charge is 0.467 e. The van der Waals surface area contributed by atoms with Gasteiger partial charge in [-0.25, -0.2) is 0 Å². The van der Waals surface area contributed by atoms with Crippen LogP contribution in [0.15, 0.2) is 16.7 Å². The van der Waals surface area contributed by atoms with Gasteiger partial charge in [-0.2, -0.15) is 0 Å². The van der Waals surface area contributed by atoms with Crippen molar-refractivity contribution in [1.29, 1.82) is 0 Å². The molecule has 0 atom stereocenters. The van der Waals surface area contributed by atoms with Gasteiger partial charge in [-0.3, -0.25) is 0 Å². The maximum atomic E-state index is 5.56. The Kier molecular flexibility index (Phi) is 6.39. The molecule has 0 fully saturated rings. The summed E-state index contributed by atoms with van der Waals surface area (Å²) in [5.41, 5.74) is 1.05. The fourth-order valence-corrected chi connectivity index (χ4v) is 1.44. The topological polar surface area (TPSA) is 43.6 Å². The fourth-order valence-electron chi connectivity index (χ4n) is 1.44. The molecule has 1 N–H and O–H groups in total. The third-order valence-corrected chi connectivity index (χ3v) is 2.29. The minimum Gasteiger partial charge on any atom is -0.467 e. The van der Waals surface area contributed by atoms with Crippen LogP contribution in [0.25, 0.3) is 0 Å². The average Bonchev–Trinajstić information content (AvgIpc) is 2.72. The number of furan rings is 1. The second-order valence-electron chi connectivity index (χ2n) is 5.22. The fraction of sp³-hybridized carbons (Fsp3) is 0.714. The van der Waals surface area contributed by atoms with Crippen molar-refractivity contribution in [2.75, 3.05) is 19.8 Å². The molecule has 0 unspecified atom stereocenters. The zero-order valence-electron chi connectivity index (χ0n) is 11.9. The van der Waals surface area contributed by atoms with Crippen molar-refractivity contribution in [3.63, 3.8) is 0 Å². The minimum atomic E-state index is -0.104. The van der Waals surface area contributed by atoms with Crippen LogP contribution in [0.4, 0.5) is 0 Å². The lowest BCUT2D eigenvalue weighted by Crippen LogP contribution is -2.21. The molecule has 1 heterocycles. The molecule has 0 amide bonds. The van der Waals surface area contributed by atoms with Gasteiger partial charge in [-0.15, -0.1) is 0 Å². The van der Waals surface area contributed by atoms with Gasteiger partial charge < -0.3 is 19.2 Å². The number of rotatable bonds is 8. The average molecular weight is 255 g/mol. The van der Waals surface area contributed by atoms with Crippen LogP contribution in [0.3, 0.4) is 0 Å². The van der Waals surface area contributed by atoms with Crippen molar-refractivity contribution < 1.29 is 13.9 Å². The van der Waals surface area contributed by atoms with Crippen molar-refractivity contribution in [2.45, 2.75) is 46.4 Å². The summed E-state index contributed by atoms with van der Waals surface area (Å²) in [6.07, 6.45) is 1.77. The van der Waals surface area contributed by atoms with E-state index in [1.54, 1.807) is 6.26 Å². The number of hydrogen-bond acceptors (Lipinski definition) is 4. The highest BCUT2D eigenvalue weighted by molar-refractivity contribution is 5.11. The lowest BCUT2D eigenvalue weighted by atomic mass is 10.2. The minimum absolute atomic E-state index is 0.104. The van der Waals surface area contributed by atoms with Gasteiger partial charge in [0.05, 0.1) is 25.1 Å². The van der Waals surface area contributed by atoms with E-state index >= 15 is 0 Å². The molecular weight excluding hydrogens is 230 g/mol. The summed E-state index contributed by atoms with van der Waals surface area (Å²) < 4.78 is 16.5. The van der Waals surface area contributed by atoms with Gasteiger partial charge in [-0.1, -0.05) is 6.92 Å². The third-order valence-electron chi connectivity index (χ3n) is 2.29. The maximum Gasteiger partial charge on any atom is 0.129 e. The smallest absolute Gasteiger partial charge is 0.129 e. The quantitative estimate of drug-likeness (QED) is 0.725. The number of hydrogen-bond donors (Lipinski definition) is 1. The van der Waals surface area contributed by atoms with Crippen molar-refractivity contribution in [3.05, 3.63) is 23.7 Å². The molecule has 1 rings (SSSR count).